The highest BCUT2D eigenvalue weighted by Crippen LogP contribution is 2.41. The van der Waals surface area contributed by atoms with Gasteiger partial charge in [-0.1, -0.05) is 0 Å². The van der Waals surface area contributed by atoms with Crippen LogP contribution in [0, 0.1) is 5.92 Å². The van der Waals surface area contributed by atoms with Gasteiger partial charge in [-0.15, -0.1) is 10.2 Å². The van der Waals surface area contributed by atoms with Crippen LogP contribution in [0.25, 0.3) is 0 Å². The van der Waals surface area contributed by atoms with E-state index in [0.29, 0.717) is 12.2 Å². The highest BCUT2D eigenvalue weighted by Gasteiger charge is 2.51. The number of carboxylic acid groups (broad SMARTS) is 1. The van der Waals surface area contributed by atoms with E-state index >= 15 is 0 Å². The molecule has 4 unspecified atom stereocenters. The zero-order valence-electron chi connectivity index (χ0n) is 12.1. The molecule has 2 amide bonds. The average molecular weight is 293 g/mol. The van der Waals surface area contributed by atoms with Crippen molar-refractivity contribution < 1.29 is 14.7 Å². The van der Waals surface area contributed by atoms with Crippen LogP contribution in [0.2, 0.25) is 0 Å². The maximum Gasteiger partial charge on any atom is 0.318 e. The number of carbonyl (C=O) groups excluding carboxylic acids is 1. The minimum atomic E-state index is -0.804. The van der Waals surface area contributed by atoms with Crippen molar-refractivity contribution >= 4 is 12.0 Å². The van der Waals surface area contributed by atoms with Gasteiger partial charge in [-0.05, 0) is 26.2 Å². The Morgan fingerprint density at radius 3 is 2.81 bits per heavy atom. The fraction of sp³-hybridized carbons (Fsp3) is 0.692. The quantitative estimate of drug-likeness (QED) is 0.846. The number of hydrogen-bond acceptors (Lipinski definition) is 4. The van der Waals surface area contributed by atoms with Crippen LogP contribution in [0.1, 0.15) is 38.1 Å². The molecule has 21 heavy (non-hydrogen) atoms. The summed E-state index contributed by atoms with van der Waals surface area (Å²) in [6.07, 6.45) is 3.80. The molecule has 2 aliphatic heterocycles. The molecule has 0 aliphatic carbocycles. The Labute approximate surface area is 122 Å². The molecule has 0 spiro atoms. The van der Waals surface area contributed by atoms with Crippen LogP contribution in [0.5, 0.6) is 0 Å². The van der Waals surface area contributed by atoms with Gasteiger partial charge in [0.15, 0.2) is 5.82 Å². The van der Waals surface area contributed by atoms with Gasteiger partial charge in [-0.25, -0.2) is 4.79 Å². The van der Waals surface area contributed by atoms with Gasteiger partial charge in [0, 0.05) is 19.1 Å². The number of nitrogens with one attached hydrogen (secondary N) is 1. The number of hydrogen-bond donors (Lipinski definition) is 2. The van der Waals surface area contributed by atoms with E-state index < -0.39 is 11.9 Å². The summed E-state index contributed by atoms with van der Waals surface area (Å²) in [6.45, 7) is 1.84. The molecule has 8 nitrogen and oxygen atoms in total. The van der Waals surface area contributed by atoms with Crippen molar-refractivity contribution in [1.29, 1.82) is 0 Å². The maximum absolute atomic E-state index is 12.5. The van der Waals surface area contributed by atoms with Crippen LogP contribution < -0.4 is 5.32 Å². The Kier molecular flexibility index (Phi) is 3.30. The largest absolute Gasteiger partial charge is 0.481 e. The Morgan fingerprint density at radius 2 is 2.24 bits per heavy atom. The van der Waals surface area contributed by atoms with E-state index in [1.165, 1.54) is 0 Å². The van der Waals surface area contributed by atoms with Crippen molar-refractivity contribution in [3.05, 3.63) is 12.2 Å². The van der Waals surface area contributed by atoms with E-state index in [0.717, 1.165) is 12.8 Å². The number of aryl methyl sites for hydroxylation is 1. The number of carboxylic acids is 1. The molecular formula is C13H19N5O3. The number of rotatable bonds is 3. The summed E-state index contributed by atoms with van der Waals surface area (Å²) in [5.41, 5.74) is 0. The zero-order chi connectivity index (χ0) is 15.1. The lowest BCUT2D eigenvalue weighted by Crippen LogP contribution is -2.45. The summed E-state index contributed by atoms with van der Waals surface area (Å²) in [4.78, 5) is 25.4. The maximum atomic E-state index is 12.5. The molecule has 1 aromatic heterocycles. The number of urea groups is 1. The van der Waals surface area contributed by atoms with Crippen LogP contribution >= 0.6 is 0 Å². The SMILES string of the molecule is CC(NC(=O)N1C2CCC1C(C(=O)O)C2)c1nncn1C. The lowest BCUT2D eigenvalue weighted by atomic mass is 9.89. The molecule has 2 aliphatic rings. The van der Waals surface area contributed by atoms with Crippen LogP contribution in [0.15, 0.2) is 6.33 Å². The molecule has 4 atom stereocenters. The van der Waals surface area contributed by atoms with Gasteiger partial charge in [-0.3, -0.25) is 4.79 Å². The van der Waals surface area contributed by atoms with Crippen molar-refractivity contribution in [3.8, 4) is 0 Å². The lowest BCUT2D eigenvalue weighted by molar-refractivity contribution is -0.142. The predicted octanol–water partition coefficient (Wildman–Crippen LogP) is 0.523. The fourth-order valence-corrected chi connectivity index (χ4v) is 3.58. The number of fused-ring (bicyclic) bond motifs is 2. The first-order valence-corrected chi connectivity index (χ1v) is 7.14. The van der Waals surface area contributed by atoms with Gasteiger partial charge in [0.1, 0.15) is 6.33 Å². The van der Waals surface area contributed by atoms with E-state index in [4.69, 9.17) is 0 Å². The summed E-state index contributed by atoms with van der Waals surface area (Å²) >= 11 is 0. The summed E-state index contributed by atoms with van der Waals surface area (Å²) in [6, 6.07) is -0.614. The molecule has 0 radical (unpaired) electrons. The van der Waals surface area contributed by atoms with Crippen molar-refractivity contribution in [3.63, 3.8) is 0 Å². The first-order valence-electron chi connectivity index (χ1n) is 7.14. The third-order valence-electron chi connectivity index (χ3n) is 4.56. The summed E-state index contributed by atoms with van der Waals surface area (Å²) < 4.78 is 1.75. The first-order chi connectivity index (χ1) is 9.99. The molecule has 3 rings (SSSR count). The lowest BCUT2D eigenvalue weighted by Gasteiger charge is -2.25. The number of amides is 2. The number of aromatic nitrogens is 3. The standard InChI is InChI=1S/C13H19N5O3/c1-7(11-16-14-6-17(11)2)15-13(21)18-8-3-4-10(18)9(5-8)12(19)20/h6-10H,3-5H2,1-2H3,(H,15,21)(H,19,20). The number of aliphatic carboxylic acids is 1. The zero-order valence-corrected chi connectivity index (χ0v) is 12.1. The van der Waals surface area contributed by atoms with Gasteiger partial charge >= 0.3 is 12.0 Å². The molecule has 2 N–H and O–H groups in total. The Balaban J connectivity index is 1.69. The molecular weight excluding hydrogens is 274 g/mol. The van der Waals surface area contributed by atoms with Crippen LogP contribution in [0.3, 0.4) is 0 Å². The van der Waals surface area contributed by atoms with Crippen LogP contribution in [-0.4, -0.2) is 48.9 Å². The minimum Gasteiger partial charge on any atom is -0.481 e. The van der Waals surface area contributed by atoms with E-state index in [2.05, 4.69) is 15.5 Å². The van der Waals surface area contributed by atoms with Gasteiger partial charge in [0.2, 0.25) is 0 Å². The van der Waals surface area contributed by atoms with E-state index in [1.54, 1.807) is 15.8 Å². The molecule has 1 aromatic rings. The third kappa shape index (κ3) is 2.24. The van der Waals surface area contributed by atoms with E-state index in [1.807, 2.05) is 14.0 Å². The second-order valence-electron chi connectivity index (χ2n) is 5.86. The topological polar surface area (TPSA) is 100 Å². The van der Waals surface area contributed by atoms with Gasteiger partial charge in [0.05, 0.1) is 12.0 Å². The second-order valence-corrected chi connectivity index (χ2v) is 5.86. The number of nitrogens with zero attached hydrogens (tertiary/aromatic N) is 4. The molecule has 114 valence electrons. The number of carbonyl (C=O) groups is 2. The highest BCUT2D eigenvalue weighted by atomic mass is 16.4. The monoisotopic (exact) mass is 293 g/mol. The Morgan fingerprint density at radius 1 is 1.48 bits per heavy atom. The van der Waals surface area contributed by atoms with Crippen molar-refractivity contribution in [2.24, 2.45) is 13.0 Å². The van der Waals surface area contributed by atoms with E-state index in [9.17, 15) is 14.7 Å². The van der Waals surface area contributed by atoms with Crippen LogP contribution in [-0.2, 0) is 11.8 Å². The van der Waals surface area contributed by atoms with Crippen molar-refractivity contribution in [2.45, 2.75) is 44.3 Å². The molecule has 2 saturated heterocycles. The fourth-order valence-electron chi connectivity index (χ4n) is 3.58. The van der Waals surface area contributed by atoms with Crippen molar-refractivity contribution in [2.75, 3.05) is 0 Å². The first kappa shape index (κ1) is 13.8. The van der Waals surface area contributed by atoms with Gasteiger partial charge in [0.25, 0.3) is 0 Å². The van der Waals surface area contributed by atoms with Gasteiger partial charge < -0.3 is 19.9 Å². The molecule has 2 fully saturated rings. The molecule has 0 aromatic carbocycles. The van der Waals surface area contributed by atoms with E-state index in [-0.39, 0.29) is 24.2 Å². The average Bonchev–Trinajstić information content (AvgIpc) is 3.11. The van der Waals surface area contributed by atoms with Crippen molar-refractivity contribution in [1.82, 2.24) is 25.0 Å². The summed E-state index contributed by atoms with van der Waals surface area (Å²) in [5.74, 6) is -0.564. The molecule has 8 heteroatoms. The predicted molar refractivity (Wildman–Crippen MR) is 72.3 cm³/mol. The minimum absolute atomic E-state index is 0.0443. The second kappa shape index (κ2) is 5.01. The Hall–Kier alpha value is -2.12. The highest BCUT2D eigenvalue weighted by molar-refractivity contribution is 5.79. The van der Waals surface area contributed by atoms with Gasteiger partial charge in [-0.2, -0.15) is 0 Å². The summed E-state index contributed by atoms with van der Waals surface area (Å²) in [7, 11) is 1.82. The normalized spacial score (nSPS) is 28.7. The van der Waals surface area contributed by atoms with Crippen LogP contribution in [0.4, 0.5) is 4.79 Å². The third-order valence-corrected chi connectivity index (χ3v) is 4.56. The Bertz CT molecular complexity index is 572. The molecule has 3 heterocycles. The molecule has 0 saturated carbocycles. The molecule has 2 bridgehead atoms. The summed E-state index contributed by atoms with van der Waals surface area (Å²) in [5, 5.41) is 19.9. The smallest absolute Gasteiger partial charge is 0.318 e.